The zero-order valence-corrected chi connectivity index (χ0v) is 11.4. The van der Waals surface area contributed by atoms with Crippen molar-refractivity contribution >= 4 is 5.91 Å². The van der Waals surface area contributed by atoms with E-state index in [0.29, 0.717) is 18.7 Å². The second kappa shape index (κ2) is 6.21. The molecule has 106 valence electrons. The maximum Gasteiger partial charge on any atom is 0.328 e. The van der Waals surface area contributed by atoms with E-state index in [2.05, 4.69) is 5.43 Å². The van der Waals surface area contributed by atoms with Crippen molar-refractivity contribution in [2.75, 3.05) is 0 Å². The van der Waals surface area contributed by atoms with E-state index in [1.165, 1.54) is 0 Å². The third kappa shape index (κ3) is 2.80. The lowest BCUT2D eigenvalue weighted by molar-refractivity contribution is 0.0952. The first kappa shape index (κ1) is 14.1. The number of imidazole rings is 1. The van der Waals surface area contributed by atoms with E-state index in [9.17, 15) is 9.59 Å². The molecule has 0 bridgehead atoms. The summed E-state index contributed by atoms with van der Waals surface area (Å²) in [6.07, 6.45) is 4.39. The summed E-state index contributed by atoms with van der Waals surface area (Å²) in [5, 5.41) is 0. The number of aryl methyl sites for hydroxylation is 1. The number of rotatable bonds is 5. The Morgan fingerprint density at radius 2 is 1.95 bits per heavy atom. The van der Waals surface area contributed by atoms with Crippen LogP contribution >= 0.6 is 0 Å². The molecule has 20 heavy (non-hydrogen) atoms. The molecule has 0 atom stereocenters. The highest BCUT2D eigenvalue weighted by Crippen LogP contribution is 2.09. The average molecular weight is 274 g/mol. The number of carbonyl (C=O) groups is 1. The molecule has 0 aliphatic heterocycles. The summed E-state index contributed by atoms with van der Waals surface area (Å²) in [4.78, 5) is 23.8. The lowest BCUT2D eigenvalue weighted by Gasteiger charge is -2.08. The van der Waals surface area contributed by atoms with Crippen molar-refractivity contribution in [2.45, 2.75) is 26.4 Å². The van der Waals surface area contributed by atoms with Gasteiger partial charge in [0.25, 0.3) is 5.91 Å². The van der Waals surface area contributed by atoms with Gasteiger partial charge in [0.05, 0.1) is 6.54 Å². The number of hydrazine groups is 1. The van der Waals surface area contributed by atoms with Gasteiger partial charge in [-0.2, -0.15) is 0 Å². The van der Waals surface area contributed by atoms with Gasteiger partial charge < -0.3 is 0 Å². The molecule has 1 aromatic carbocycles. The van der Waals surface area contributed by atoms with E-state index in [4.69, 9.17) is 5.84 Å². The van der Waals surface area contributed by atoms with E-state index in [1.807, 2.05) is 19.1 Å². The van der Waals surface area contributed by atoms with Crippen molar-refractivity contribution in [2.24, 2.45) is 5.84 Å². The summed E-state index contributed by atoms with van der Waals surface area (Å²) < 4.78 is 3.24. The second-order valence-electron chi connectivity index (χ2n) is 4.53. The standard InChI is InChI=1S/C14H18N4O2/c1-2-7-17-8-9-18(14(17)20)10-11-5-3-4-6-12(11)13(19)16-15/h3-6,8-9H,2,7,10,15H2,1H3,(H,16,19). The zero-order valence-electron chi connectivity index (χ0n) is 11.4. The smallest absolute Gasteiger partial charge is 0.299 e. The van der Waals surface area contributed by atoms with Gasteiger partial charge in [0.15, 0.2) is 0 Å². The number of hydrogen-bond acceptors (Lipinski definition) is 3. The van der Waals surface area contributed by atoms with E-state index in [0.717, 1.165) is 12.0 Å². The first-order valence-electron chi connectivity index (χ1n) is 6.51. The molecular weight excluding hydrogens is 256 g/mol. The number of nitrogens with one attached hydrogen (secondary N) is 1. The van der Waals surface area contributed by atoms with Gasteiger partial charge >= 0.3 is 5.69 Å². The predicted octanol–water partition coefficient (Wildman–Crippen LogP) is 0.712. The highest BCUT2D eigenvalue weighted by molar-refractivity contribution is 5.95. The number of carbonyl (C=O) groups excluding carboxylic acids is 1. The van der Waals surface area contributed by atoms with E-state index in [1.54, 1.807) is 33.7 Å². The fourth-order valence-electron chi connectivity index (χ4n) is 2.13. The van der Waals surface area contributed by atoms with Crippen molar-refractivity contribution in [3.8, 4) is 0 Å². The Morgan fingerprint density at radius 1 is 1.25 bits per heavy atom. The molecule has 1 amide bonds. The number of nitrogens with two attached hydrogens (primary N) is 1. The normalized spacial score (nSPS) is 10.5. The topological polar surface area (TPSA) is 82.1 Å². The van der Waals surface area contributed by atoms with Crippen LogP contribution in [0.2, 0.25) is 0 Å². The number of amides is 1. The molecule has 2 aromatic rings. The number of nitrogen functional groups attached to an aromatic ring is 1. The van der Waals surface area contributed by atoms with Crippen LogP contribution in [0.4, 0.5) is 0 Å². The Kier molecular flexibility index (Phi) is 4.37. The van der Waals surface area contributed by atoms with Crippen LogP contribution in [0.25, 0.3) is 0 Å². The SMILES string of the molecule is CCCn1ccn(Cc2ccccc2C(=O)NN)c1=O. The van der Waals surface area contributed by atoms with Crippen molar-refractivity contribution in [1.82, 2.24) is 14.6 Å². The lowest BCUT2D eigenvalue weighted by atomic mass is 10.1. The van der Waals surface area contributed by atoms with Crippen LogP contribution in [0.5, 0.6) is 0 Å². The molecule has 0 saturated carbocycles. The van der Waals surface area contributed by atoms with Gasteiger partial charge in [-0.25, -0.2) is 10.6 Å². The van der Waals surface area contributed by atoms with Crippen LogP contribution < -0.4 is 17.0 Å². The van der Waals surface area contributed by atoms with E-state index >= 15 is 0 Å². The van der Waals surface area contributed by atoms with Crippen LogP contribution in [-0.4, -0.2) is 15.0 Å². The Morgan fingerprint density at radius 3 is 2.65 bits per heavy atom. The summed E-state index contributed by atoms with van der Waals surface area (Å²) in [6, 6.07) is 7.09. The summed E-state index contributed by atoms with van der Waals surface area (Å²) in [5.41, 5.74) is 3.28. The minimum absolute atomic E-state index is 0.0743. The molecule has 0 aliphatic carbocycles. The number of aromatic nitrogens is 2. The molecule has 0 radical (unpaired) electrons. The molecule has 0 spiro atoms. The first-order chi connectivity index (χ1) is 9.67. The number of hydrogen-bond donors (Lipinski definition) is 2. The summed E-state index contributed by atoms with van der Waals surface area (Å²) >= 11 is 0. The largest absolute Gasteiger partial charge is 0.328 e. The molecule has 6 nitrogen and oxygen atoms in total. The van der Waals surface area contributed by atoms with Gasteiger partial charge in [0, 0.05) is 24.5 Å². The van der Waals surface area contributed by atoms with Gasteiger partial charge in [-0.15, -0.1) is 0 Å². The average Bonchev–Trinajstić information content (AvgIpc) is 2.81. The monoisotopic (exact) mass is 274 g/mol. The molecule has 1 aromatic heterocycles. The summed E-state index contributed by atoms with van der Waals surface area (Å²) in [6.45, 7) is 3.06. The molecule has 0 saturated heterocycles. The van der Waals surface area contributed by atoms with Crippen LogP contribution in [0.1, 0.15) is 29.3 Å². The minimum Gasteiger partial charge on any atom is -0.299 e. The maximum absolute atomic E-state index is 12.1. The van der Waals surface area contributed by atoms with Crippen molar-refractivity contribution in [3.05, 3.63) is 58.3 Å². The molecule has 6 heteroatoms. The Balaban J connectivity index is 2.31. The van der Waals surface area contributed by atoms with Crippen LogP contribution in [0, 0.1) is 0 Å². The van der Waals surface area contributed by atoms with Crippen LogP contribution in [0.15, 0.2) is 41.5 Å². The molecule has 0 fully saturated rings. The summed E-state index contributed by atoms with van der Waals surface area (Å²) in [7, 11) is 0. The first-order valence-corrected chi connectivity index (χ1v) is 6.51. The van der Waals surface area contributed by atoms with Crippen molar-refractivity contribution < 1.29 is 4.79 Å². The van der Waals surface area contributed by atoms with Gasteiger partial charge in [-0.05, 0) is 18.1 Å². The fourth-order valence-corrected chi connectivity index (χ4v) is 2.13. The third-order valence-electron chi connectivity index (χ3n) is 3.12. The number of benzene rings is 1. The Bertz CT molecular complexity index is 657. The van der Waals surface area contributed by atoms with Crippen LogP contribution in [0.3, 0.4) is 0 Å². The second-order valence-corrected chi connectivity index (χ2v) is 4.53. The maximum atomic E-state index is 12.1. The highest BCUT2D eigenvalue weighted by atomic mass is 16.2. The summed E-state index contributed by atoms with van der Waals surface area (Å²) in [5.74, 6) is 4.81. The molecule has 1 heterocycles. The molecular formula is C14H18N4O2. The van der Waals surface area contributed by atoms with E-state index in [-0.39, 0.29) is 11.6 Å². The molecule has 3 N–H and O–H groups in total. The third-order valence-corrected chi connectivity index (χ3v) is 3.12. The van der Waals surface area contributed by atoms with Gasteiger partial charge in [0.2, 0.25) is 0 Å². The Labute approximate surface area is 116 Å². The predicted molar refractivity (Wildman–Crippen MR) is 76.2 cm³/mol. The molecule has 2 rings (SSSR count). The zero-order chi connectivity index (χ0) is 14.5. The van der Waals surface area contributed by atoms with Crippen molar-refractivity contribution in [3.63, 3.8) is 0 Å². The van der Waals surface area contributed by atoms with Gasteiger partial charge in [-0.1, -0.05) is 25.1 Å². The van der Waals surface area contributed by atoms with Gasteiger partial charge in [0.1, 0.15) is 0 Å². The quantitative estimate of drug-likeness (QED) is 0.478. The number of nitrogens with zero attached hydrogens (tertiary/aromatic N) is 2. The fraction of sp³-hybridized carbons (Fsp3) is 0.286. The highest BCUT2D eigenvalue weighted by Gasteiger charge is 2.11. The van der Waals surface area contributed by atoms with E-state index < -0.39 is 0 Å². The van der Waals surface area contributed by atoms with Crippen molar-refractivity contribution in [1.29, 1.82) is 0 Å². The molecule has 0 unspecified atom stereocenters. The minimum atomic E-state index is -0.360. The molecule has 0 aliphatic rings. The Hall–Kier alpha value is -2.34. The van der Waals surface area contributed by atoms with Crippen LogP contribution in [-0.2, 0) is 13.1 Å². The van der Waals surface area contributed by atoms with Gasteiger partial charge in [-0.3, -0.25) is 19.4 Å². The lowest BCUT2D eigenvalue weighted by Crippen LogP contribution is -2.31.